The Morgan fingerprint density at radius 2 is 1.96 bits per heavy atom. The molecule has 3 aliphatic heterocycles. The monoisotopic (exact) mass is 342 g/mol. The van der Waals surface area contributed by atoms with Crippen LogP contribution in [0.15, 0.2) is 0 Å². The lowest BCUT2D eigenvalue weighted by Crippen LogP contribution is -2.77. The fourth-order valence-corrected chi connectivity index (χ4v) is 5.73. The van der Waals surface area contributed by atoms with Gasteiger partial charge < -0.3 is 20.5 Å². The quantitative estimate of drug-likeness (QED) is 0.765. The van der Waals surface area contributed by atoms with Crippen molar-refractivity contribution < 1.29 is 14.6 Å². The topological polar surface area (TPSA) is 75.8 Å². The van der Waals surface area contributed by atoms with Gasteiger partial charge in [0.15, 0.2) is 0 Å². The number of aliphatic hydroxyl groups is 1. The first kappa shape index (κ1) is 17.4. The average Bonchev–Trinajstić information content (AvgIpc) is 2.46. The van der Waals surface area contributed by atoms with E-state index in [1.807, 2.05) is 37.4 Å². The summed E-state index contributed by atoms with van der Waals surface area (Å²) < 4.78 is 5.59. The van der Waals surface area contributed by atoms with Gasteiger partial charge in [-0.15, -0.1) is 0 Å². The molecule has 1 amide bonds. The van der Waals surface area contributed by atoms with E-state index in [0.717, 1.165) is 43.6 Å². The summed E-state index contributed by atoms with van der Waals surface area (Å²) in [5.74, 6) is 2.26. The molecular weight excluding hydrogens is 312 g/mol. The van der Waals surface area contributed by atoms with E-state index in [0.29, 0.717) is 12.5 Å². The number of thioether (sulfide) groups is 1. The molecule has 1 aliphatic carbocycles. The third-order valence-electron chi connectivity index (χ3n) is 5.71. The summed E-state index contributed by atoms with van der Waals surface area (Å²) in [5, 5.41) is 11.3. The fraction of sp³-hybridized carbons (Fsp3) is 0.941. The number of carbonyl (C=O) groups is 1. The van der Waals surface area contributed by atoms with Crippen molar-refractivity contribution in [1.82, 2.24) is 4.90 Å². The van der Waals surface area contributed by atoms with Gasteiger partial charge in [0.2, 0.25) is 0 Å². The van der Waals surface area contributed by atoms with E-state index in [1.165, 1.54) is 0 Å². The average molecular weight is 343 g/mol. The lowest BCUT2D eigenvalue weighted by atomic mass is 9.59. The first-order valence-electron chi connectivity index (χ1n) is 8.73. The highest BCUT2D eigenvalue weighted by Gasteiger charge is 2.60. The van der Waals surface area contributed by atoms with Gasteiger partial charge >= 0.3 is 6.09 Å². The van der Waals surface area contributed by atoms with Crippen molar-refractivity contribution in [3.8, 4) is 0 Å². The summed E-state index contributed by atoms with van der Waals surface area (Å²) in [6.45, 7) is 6.36. The van der Waals surface area contributed by atoms with Crippen LogP contribution >= 0.6 is 11.8 Å². The van der Waals surface area contributed by atoms with E-state index >= 15 is 0 Å². The first-order chi connectivity index (χ1) is 10.6. The summed E-state index contributed by atoms with van der Waals surface area (Å²) in [7, 11) is 0. The predicted molar refractivity (Wildman–Crippen MR) is 92.5 cm³/mol. The zero-order valence-electron chi connectivity index (χ0n) is 14.5. The Balaban J connectivity index is 1.84. The molecule has 4 fully saturated rings. The van der Waals surface area contributed by atoms with Crippen molar-refractivity contribution in [1.29, 1.82) is 0 Å². The normalized spacial score (nSPS) is 36.8. The lowest BCUT2D eigenvalue weighted by molar-refractivity contribution is -0.130. The molecule has 5 nitrogen and oxygen atoms in total. The molecule has 3 unspecified atom stereocenters. The minimum Gasteiger partial charge on any atom is -0.444 e. The van der Waals surface area contributed by atoms with Gasteiger partial charge in [-0.3, -0.25) is 0 Å². The molecule has 3 heterocycles. The van der Waals surface area contributed by atoms with Crippen molar-refractivity contribution in [3.63, 3.8) is 0 Å². The molecule has 4 rings (SSSR count). The number of fused-ring (bicyclic) bond motifs is 3. The second kappa shape index (κ2) is 5.81. The van der Waals surface area contributed by atoms with Gasteiger partial charge in [-0.1, -0.05) is 0 Å². The molecule has 3 saturated heterocycles. The van der Waals surface area contributed by atoms with Crippen LogP contribution in [-0.4, -0.2) is 56.9 Å². The molecule has 0 aromatic rings. The van der Waals surface area contributed by atoms with Crippen LogP contribution in [0.2, 0.25) is 0 Å². The summed E-state index contributed by atoms with van der Waals surface area (Å²) in [5.41, 5.74) is 4.76. The van der Waals surface area contributed by atoms with Gasteiger partial charge in [0.1, 0.15) is 5.60 Å². The zero-order valence-corrected chi connectivity index (χ0v) is 15.3. The molecule has 3 atom stereocenters. The maximum absolute atomic E-state index is 12.6. The van der Waals surface area contributed by atoms with Crippen LogP contribution in [0.4, 0.5) is 4.79 Å². The highest BCUT2D eigenvalue weighted by molar-refractivity contribution is 7.99. The van der Waals surface area contributed by atoms with E-state index in [4.69, 9.17) is 10.5 Å². The fourth-order valence-electron chi connectivity index (χ4n) is 4.56. The number of nitrogens with two attached hydrogens (primary N) is 1. The second-order valence-corrected chi connectivity index (χ2v) is 9.71. The van der Waals surface area contributed by atoms with E-state index in [9.17, 15) is 9.90 Å². The Bertz CT molecular complexity index is 473. The number of hydrogen-bond acceptors (Lipinski definition) is 5. The minimum absolute atomic E-state index is 0.115. The number of piperidine rings is 2. The van der Waals surface area contributed by atoms with Crippen LogP contribution < -0.4 is 5.73 Å². The van der Waals surface area contributed by atoms with Crippen molar-refractivity contribution in [3.05, 3.63) is 0 Å². The molecule has 23 heavy (non-hydrogen) atoms. The Hall–Kier alpha value is -0.460. The van der Waals surface area contributed by atoms with Crippen LogP contribution in [0.1, 0.15) is 52.9 Å². The number of rotatable bonds is 1. The largest absolute Gasteiger partial charge is 0.444 e. The summed E-state index contributed by atoms with van der Waals surface area (Å²) in [6.07, 6.45) is 3.94. The third kappa shape index (κ3) is 3.10. The van der Waals surface area contributed by atoms with E-state index in [-0.39, 0.29) is 12.1 Å². The van der Waals surface area contributed by atoms with Crippen LogP contribution in [0.3, 0.4) is 0 Å². The van der Waals surface area contributed by atoms with Gasteiger partial charge in [0.25, 0.3) is 0 Å². The van der Waals surface area contributed by atoms with Crippen LogP contribution in [0.25, 0.3) is 0 Å². The molecular formula is C17H30N2O3S. The Kier molecular flexibility index (Phi) is 4.39. The van der Waals surface area contributed by atoms with E-state index in [2.05, 4.69) is 0 Å². The molecule has 6 heteroatoms. The van der Waals surface area contributed by atoms with Crippen LogP contribution in [0.5, 0.6) is 0 Å². The van der Waals surface area contributed by atoms with Gasteiger partial charge in [-0.05, 0) is 70.3 Å². The SMILES string of the molecule is CC(C)(C)OC(=O)N1CC2CCC1C(N)(C1(O)CCSCC1)C2. The van der Waals surface area contributed by atoms with Crippen LogP contribution in [0, 0.1) is 5.92 Å². The lowest BCUT2D eigenvalue weighted by Gasteiger charge is -2.61. The molecule has 2 bridgehead atoms. The number of nitrogens with zero attached hydrogens (tertiary/aromatic N) is 1. The number of hydrogen-bond donors (Lipinski definition) is 2. The third-order valence-corrected chi connectivity index (χ3v) is 6.70. The summed E-state index contributed by atoms with van der Waals surface area (Å²) in [4.78, 5) is 14.4. The maximum atomic E-state index is 12.6. The van der Waals surface area contributed by atoms with Gasteiger partial charge in [-0.2, -0.15) is 11.8 Å². The van der Waals surface area contributed by atoms with Crippen molar-refractivity contribution in [2.24, 2.45) is 11.7 Å². The summed E-state index contributed by atoms with van der Waals surface area (Å²) in [6, 6.07) is -0.115. The standard InChI is InChI=1S/C17H30N2O3S/c1-15(2,3)22-14(20)19-11-12-4-5-13(19)17(18,10-12)16(21)6-8-23-9-7-16/h12-13,21H,4-11,18H2,1-3H3. The number of amides is 1. The summed E-state index contributed by atoms with van der Waals surface area (Å²) >= 11 is 1.87. The molecule has 1 saturated carbocycles. The molecule has 0 aromatic heterocycles. The zero-order chi connectivity index (χ0) is 16.9. The Morgan fingerprint density at radius 1 is 1.30 bits per heavy atom. The molecule has 0 aromatic carbocycles. The molecule has 0 radical (unpaired) electrons. The highest BCUT2D eigenvalue weighted by Crippen LogP contribution is 2.49. The van der Waals surface area contributed by atoms with Crippen LogP contribution in [-0.2, 0) is 4.74 Å². The van der Waals surface area contributed by atoms with Crippen molar-refractivity contribution in [2.75, 3.05) is 18.1 Å². The van der Waals surface area contributed by atoms with Gasteiger partial charge in [-0.25, -0.2) is 4.79 Å². The number of carbonyl (C=O) groups excluding carboxylic acids is 1. The molecule has 0 spiro atoms. The molecule has 3 N–H and O–H groups in total. The first-order valence-corrected chi connectivity index (χ1v) is 9.89. The van der Waals surface area contributed by atoms with E-state index in [1.54, 1.807) is 0 Å². The van der Waals surface area contributed by atoms with Gasteiger partial charge in [0, 0.05) is 6.54 Å². The van der Waals surface area contributed by atoms with E-state index < -0.39 is 16.7 Å². The maximum Gasteiger partial charge on any atom is 0.410 e. The Morgan fingerprint density at radius 3 is 2.52 bits per heavy atom. The van der Waals surface area contributed by atoms with Crippen molar-refractivity contribution in [2.45, 2.75) is 75.7 Å². The van der Waals surface area contributed by atoms with Crippen molar-refractivity contribution >= 4 is 17.9 Å². The second-order valence-electron chi connectivity index (χ2n) is 8.48. The minimum atomic E-state index is -0.859. The molecule has 132 valence electrons. The predicted octanol–water partition coefficient (Wildman–Crippen LogP) is 2.36. The smallest absolute Gasteiger partial charge is 0.410 e. The van der Waals surface area contributed by atoms with Gasteiger partial charge in [0.05, 0.1) is 17.2 Å². The number of ether oxygens (including phenoxy) is 1. The Labute approximate surface area is 143 Å². The highest BCUT2D eigenvalue weighted by atomic mass is 32.2. The molecule has 4 aliphatic rings.